The zero-order chi connectivity index (χ0) is 44.1. The van der Waals surface area contributed by atoms with Gasteiger partial charge in [-0.25, -0.2) is 4.21 Å². The van der Waals surface area contributed by atoms with Gasteiger partial charge in [-0.3, -0.25) is 18.5 Å². The molecule has 0 saturated heterocycles. The Labute approximate surface area is 350 Å². The summed E-state index contributed by atoms with van der Waals surface area (Å²) < 4.78 is 127. The van der Waals surface area contributed by atoms with Crippen molar-refractivity contribution in [3.05, 3.63) is 128 Å². The average molecular weight is 920 g/mol. The molecular formula is C39H37NO15S5. The van der Waals surface area contributed by atoms with Gasteiger partial charge in [-0.15, -0.1) is 11.8 Å². The van der Waals surface area contributed by atoms with Gasteiger partial charge < -0.3 is 24.8 Å². The number of amides is 1. The van der Waals surface area contributed by atoms with E-state index in [1.807, 2.05) is 0 Å². The lowest BCUT2D eigenvalue weighted by Gasteiger charge is -2.22. The van der Waals surface area contributed by atoms with E-state index in [-0.39, 0.29) is 73.6 Å². The second-order valence-corrected chi connectivity index (χ2v) is 21.0. The topological polar surface area (TPSA) is 279 Å². The van der Waals surface area contributed by atoms with Crippen LogP contribution in [0.5, 0.6) is 23.0 Å². The molecule has 60 heavy (non-hydrogen) atoms. The Bertz CT molecular complexity index is 2900. The minimum atomic E-state index is -5.12. The SMILES string of the molecule is C=S(=O)(Oc1c2cc(S(=O)(=O)O)cc1Cc1cc(S(=O)(=O)O)cc(c1O)Cc1cc(C)cc(c1O)Cc1cc(S(=O)(=O)O)cc(c1O)C2)c1ccc(C(=O)NCSC)cc1. The van der Waals surface area contributed by atoms with Crippen LogP contribution in [-0.2, 0) is 65.8 Å². The van der Waals surface area contributed by atoms with Gasteiger partial charge in [-0.05, 0) is 90.8 Å². The molecule has 5 aromatic rings. The molecule has 1 amide bonds. The van der Waals surface area contributed by atoms with Crippen molar-refractivity contribution in [3.63, 3.8) is 0 Å². The number of fused-ring (bicyclic) bond motifs is 8. The first-order valence-electron chi connectivity index (χ1n) is 17.4. The van der Waals surface area contributed by atoms with Gasteiger partial charge in [0.1, 0.15) is 32.8 Å². The fourth-order valence-corrected chi connectivity index (χ4v) is 9.95. The standard InChI is InChI=1S/C39H37NO15S5/c1-21-8-23-10-25-14-32(58(46,47)48)16-27(36(25)42)12-29-18-34(60(52,53)54)19-30(38(29)55-57(3,45)31-6-4-22(5-7-31)39(44)40-20-56-2)13-28-17-33(59(49,50)51)15-26(37(28)43)11-24(9-21)35(23)41/h4-9,14-19,41-43H,3,10-13,20H2,1-2H3,(H,40,44)(H,46,47,48)(H,49,50,51)(H,52,53,54). The van der Waals surface area contributed by atoms with Gasteiger partial charge in [-0.1, -0.05) is 17.7 Å². The van der Waals surface area contributed by atoms with Crippen molar-refractivity contribution in [3.8, 4) is 23.0 Å². The Morgan fingerprint density at radius 3 is 1.28 bits per heavy atom. The number of hydrogen-bond donors (Lipinski definition) is 7. The van der Waals surface area contributed by atoms with Gasteiger partial charge in [0.05, 0.1) is 25.5 Å². The van der Waals surface area contributed by atoms with Crippen molar-refractivity contribution < 1.29 is 67.4 Å². The summed E-state index contributed by atoms with van der Waals surface area (Å²) in [4.78, 5) is 10.3. The van der Waals surface area contributed by atoms with Gasteiger partial charge >= 0.3 is 0 Å². The molecule has 0 spiro atoms. The first kappa shape index (κ1) is 44.4. The minimum Gasteiger partial charge on any atom is -0.507 e. The maximum absolute atomic E-state index is 14.5. The summed E-state index contributed by atoms with van der Waals surface area (Å²) in [6.45, 7) is 1.66. The largest absolute Gasteiger partial charge is 0.507 e. The van der Waals surface area contributed by atoms with E-state index in [1.165, 1.54) is 48.2 Å². The molecule has 0 saturated carbocycles. The van der Waals surface area contributed by atoms with Crippen molar-refractivity contribution >= 4 is 63.7 Å². The van der Waals surface area contributed by atoms with Crippen LogP contribution >= 0.6 is 11.8 Å². The van der Waals surface area contributed by atoms with Crippen molar-refractivity contribution in [1.82, 2.24) is 5.32 Å². The van der Waals surface area contributed by atoms with Gasteiger partial charge in [-0.2, -0.15) is 25.3 Å². The Balaban J connectivity index is 1.68. The summed E-state index contributed by atoms with van der Waals surface area (Å²) in [6, 6.07) is 13.8. The molecule has 21 heteroatoms. The fraction of sp³-hybridized carbons (Fsp3) is 0.179. The highest BCUT2D eigenvalue weighted by molar-refractivity contribution is 7.98. The number of hydrogen-bond acceptors (Lipinski definition) is 13. The number of phenolic OH excluding ortho intramolecular Hbond substituents is 3. The molecule has 6 rings (SSSR count). The number of carbonyl (C=O) groups is 1. The molecule has 16 nitrogen and oxygen atoms in total. The van der Waals surface area contributed by atoms with Crippen LogP contribution in [0.3, 0.4) is 0 Å². The lowest BCUT2D eigenvalue weighted by molar-refractivity contribution is 0.0960. The lowest BCUT2D eigenvalue weighted by atomic mass is 9.90. The smallest absolute Gasteiger partial charge is 0.294 e. The van der Waals surface area contributed by atoms with Crippen LogP contribution in [0.25, 0.3) is 0 Å². The molecule has 5 aromatic carbocycles. The molecule has 0 aliphatic heterocycles. The number of rotatable bonds is 9. The normalized spacial score (nSPS) is 14.2. The van der Waals surface area contributed by atoms with Crippen LogP contribution in [0.4, 0.5) is 0 Å². The number of benzene rings is 5. The first-order chi connectivity index (χ1) is 27.8. The van der Waals surface area contributed by atoms with Crippen LogP contribution in [0.15, 0.2) is 92.4 Å². The van der Waals surface area contributed by atoms with Gasteiger partial charge in [0, 0.05) is 64.6 Å². The minimum absolute atomic E-state index is 0.0740. The quantitative estimate of drug-likeness (QED) is 0.0591. The number of thioether (sulfide) groups is 1. The number of nitrogens with one attached hydrogen (secondary N) is 1. The van der Waals surface area contributed by atoms with E-state index in [2.05, 4.69) is 11.2 Å². The van der Waals surface area contributed by atoms with Gasteiger partial charge in [0.15, 0.2) is 0 Å². The lowest BCUT2D eigenvalue weighted by Crippen LogP contribution is -2.22. The summed E-state index contributed by atoms with van der Waals surface area (Å²) in [5.74, 6) is 1.68. The molecule has 1 unspecified atom stereocenters. The zero-order valence-corrected chi connectivity index (χ0v) is 35.7. The molecule has 0 radical (unpaired) electrons. The Morgan fingerprint density at radius 1 is 0.600 bits per heavy atom. The number of phenols is 3. The van der Waals surface area contributed by atoms with Crippen molar-refractivity contribution in [2.75, 3.05) is 12.1 Å². The van der Waals surface area contributed by atoms with E-state index >= 15 is 0 Å². The van der Waals surface area contributed by atoms with Crippen molar-refractivity contribution in [2.45, 2.75) is 52.2 Å². The molecule has 0 aromatic heterocycles. The molecular weight excluding hydrogens is 883 g/mol. The van der Waals surface area contributed by atoms with E-state index in [0.29, 0.717) is 11.4 Å². The van der Waals surface area contributed by atoms with Crippen LogP contribution in [-0.4, -0.2) is 82.4 Å². The van der Waals surface area contributed by atoms with E-state index in [9.17, 15) is 63.2 Å². The Hall–Kier alpha value is -5.13. The van der Waals surface area contributed by atoms with Crippen LogP contribution < -0.4 is 9.50 Å². The molecule has 1 aliphatic rings. The van der Waals surface area contributed by atoms with E-state index in [0.717, 1.165) is 36.4 Å². The van der Waals surface area contributed by atoms with Crippen molar-refractivity contribution in [1.29, 1.82) is 0 Å². The van der Waals surface area contributed by atoms with Crippen LogP contribution in [0.2, 0.25) is 0 Å². The molecule has 8 bridgehead atoms. The Morgan fingerprint density at radius 2 is 0.933 bits per heavy atom. The summed E-state index contributed by atoms with van der Waals surface area (Å²) in [5, 5.41) is 37.5. The summed E-state index contributed by atoms with van der Waals surface area (Å²) in [6.07, 6.45) is -0.287. The third-order valence-corrected chi connectivity index (χ3v) is 14.0. The molecule has 1 aliphatic carbocycles. The molecule has 0 fully saturated rings. The highest BCUT2D eigenvalue weighted by atomic mass is 32.2. The number of carbonyl (C=O) groups excluding carboxylic acids is 1. The van der Waals surface area contributed by atoms with E-state index in [4.69, 9.17) is 4.18 Å². The summed E-state index contributed by atoms with van der Waals surface area (Å²) in [5.41, 5.74) is -0.387. The number of aromatic hydroxyl groups is 3. The second-order valence-electron chi connectivity index (χ2n) is 14.0. The average Bonchev–Trinajstić information content (AvgIpc) is 3.14. The maximum atomic E-state index is 14.5. The fourth-order valence-electron chi connectivity index (χ4n) is 6.79. The summed E-state index contributed by atoms with van der Waals surface area (Å²) in [7, 11) is -19.1. The summed E-state index contributed by atoms with van der Waals surface area (Å²) >= 11 is 1.36. The predicted molar refractivity (Wildman–Crippen MR) is 223 cm³/mol. The molecule has 7 N–H and O–H groups in total. The second kappa shape index (κ2) is 16.4. The molecule has 1 atom stereocenters. The highest BCUT2D eigenvalue weighted by Crippen LogP contribution is 2.41. The Kier molecular flexibility index (Phi) is 12.1. The van der Waals surface area contributed by atoms with Crippen LogP contribution in [0, 0.1) is 6.92 Å². The van der Waals surface area contributed by atoms with Gasteiger partial charge in [0.2, 0.25) is 0 Å². The third-order valence-electron chi connectivity index (χ3n) is 9.60. The third kappa shape index (κ3) is 9.58. The maximum Gasteiger partial charge on any atom is 0.294 e. The van der Waals surface area contributed by atoms with E-state index in [1.54, 1.807) is 13.2 Å². The number of aryl methyl sites for hydroxylation is 1. The molecule has 0 heterocycles. The first-order valence-corrected chi connectivity index (χ1v) is 24.8. The highest BCUT2D eigenvalue weighted by Gasteiger charge is 2.28. The van der Waals surface area contributed by atoms with Gasteiger partial charge in [0.25, 0.3) is 36.3 Å². The monoisotopic (exact) mass is 919 g/mol. The predicted octanol–water partition coefficient (Wildman–Crippen LogP) is 4.65. The van der Waals surface area contributed by atoms with E-state index < -0.39 is 90.8 Å². The van der Waals surface area contributed by atoms with Crippen molar-refractivity contribution in [2.24, 2.45) is 0 Å². The zero-order valence-electron chi connectivity index (χ0n) is 31.6. The van der Waals surface area contributed by atoms with Crippen LogP contribution in [0.1, 0.15) is 60.4 Å². The molecule has 318 valence electrons.